The summed E-state index contributed by atoms with van der Waals surface area (Å²) in [6, 6.07) is 7.00. The van der Waals surface area contributed by atoms with Gasteiger partial charge in [-0.2, -0.15) is 0 Å². The number of ether oxygens (including phenoxy) is 2. The van der Waals surface area contributed by atoms with Crippen molar-refractivity contribution in [3.63, 3.8) is 0 Å². The van der Waals surface area contributed by atoms with E-state index in [0.29, 0.717) is 50.5 Å². The van der Waals surface area contributed by atoms with Crippen molar-refractivity contribution in [1.29, 1.82) is 0 Å². The predicted octanol–water partition coefficient (Wildman–Crippen LogP) is 3.43. The maximum Gasteiger partial charge on any atom is 0.407 e. The number of hydrogen-bond donors (Lipinski definition) is 4. The molecule has 0 aliphatic carbocycles. The van der Waals surface area contributed by atoms with Crippen molar-refractivity contribution in [2.24, 2.45) is 5.41 Å². The van der Waals surface area contributed by atoms with Crippen molar-refractivity contribution in [1.82, 2.24) is 20.0 Å². The van der Waals surface area contributed by atoms with Gasteiger partial charge in [0.1, 0.15) is 13.2 Å². The first-order chi connectivity index (χ1) is 22.3. The second-order valence-corrected chi connectivity index (χ2v) is 14.0. The third-order valence-corrected chi connectivity index (χ3v) is 9.92. The van der Waals surface area contributed by atoms with Crippen LogP contribution in [0.3, 0.4) is 0 Å². The lowest BCUT2D eigenvalue weighted by atomic mass is 9.84. The number of carbonyl (C=O) groups excluding carboxylic acids is 2. The largest absolute Gasteiger partial charge is 0.465 e. The summed E-state index contributed by atoms with van der Waals surface area (Å²) in [6.07, 6.45) is -2.12. The Kier molecular flexibility index (Phi) is 12.1. The van der Waals surface area contributed by atoms with Gasteiger partial charge in [0.25, 0.3) is 0 Å². The van der Waals surface area contributed by atoms with Crippen LogP contribution in [0.2, 0.25) is 0 Å². The summed E-state index contributed by atoms with van der Waals surface area (Å²) in [4.78, 5) is 40.6. The lowest BCUT2D eigenvalue weighted by Gasteiger charge is -2.46. The molecule has 2 saturated heterocycles. The number of piperazine rings is 2. The Morgan fingerprint density at radius 1 is 0.833 bits per heavy atom. The molecule has 0 saturated carbocycles. The molecule has 6 rings (SSSR count). The van der Waals surface area contributed by atoms with Crippen LogP contribution < -0.4 is 5.32 Å². The second-order valence-electron chi connectivity index (χ2n) is 14.0. The Bertz CT molecular complexity index is 1510. The van der Waals surface area contributed by atoms with Crippen LogP contribution in [0.1, 0.15) is 87.1 Å². The number of aliphatic hydroxyl groups excluding tert-OH is 2. The molecule has 4 aliphatic heterocycles. The number of nitrogens with one attached hydrogen (secondary N) is 1. The molecule has 0 bridgehead atoms. The van der Waals surface area contributed by atoms with Gasteiger partial charge in [-0.25, -0.2) is 14.4 Å². The molecule has 4 aliphatic rings. The first kappa shape index (κ1) is 37.6. The Morgan fingerprint density at radius 3 is 1.77 bits per heavy atom. The van der Waals surface area contributed by atoms with Crippen molar-refractivity contribution < 1.29 is 39.2 Å². The van der Waals surface area contributed by atoms with Crippen molar-refractivity contribution >= 4 is 30.4 Å². The molecule has 2 aromatic carbocycles. The highest BCUT2D eigenvalue weighted by Crippen LogP contribution is 2.32. The molecule has 3 atom stereocenters. The van der Waals surface area contributed by atoms with Crippen LogP contribution in [-0.4, -0.2) is 113 Å². The van der Waals surface area contributed by atoms with Crippen LogP contribution in [0.4, 0.5) is 4.79 Å². The summed E-state index contributed by atoms with van der Waals surface area (Å²) in [7, 11) is 0. The van der Waals surface area contributed by atoms with Gasteiger partial charge in [0.2, 0.25) is 0 Å². The molecule has 4 heterocycles. The fourth-order valence-electron chi connectivity index (χ4n) is 7.01. The van der Waals surface area contributed by atoms with E-state index in [-0.39, 0.29) is 42.4 Å². The number of halogens is 1. The van der Waals surface area contributed by atoms with Gasteiger partial charge < -0.3 is 35.0 Å². The van der Waals surface area contributed by atoms with Gasteiger partial charge in [0.05, 0.1) is 29.4 Å². The normalized spacial score (nSPS) is 20.8. The predicted molar refractivity (Wildman–Crippen MR) is 181 cm³/mol. The van der Waals surface area contributed by atoms with E-state index < -0.39 is 18.3 Å². The molecule has 48 heavy (non-hydrogen) atoms. The first-order valence-electron chi connectivity index (χ1n) is 16.4. The minimum absolute atomic E-state index is 0. The standard InChI is InChI=1S/C20H28N2O5.C15H20N2O3.ClH/c1-12-13(5-6-14-15(12)11-27-18(14)24)16(23)9-21-7-8-22(19(25)26)17(10-21)20(2,3)4;1-10-11(2-3-12-13(10)9-20-15(12)19)14(18)8-17-6-4-16-5-7-17;/h5-6,16-17,23H,7-11H2,1-4H3,(H,25,26);2-3,14,16,18H,4-9H2,1H3;1H. The van der Waals surface area contributed by atoms with E-state index in [4.69, 9.17) is 9.47 Å². The van der Waals surface area contributed by atoms with Gasteiger partial charge in [-0.05, 0) is 53.6 Å². The number of aliphatic hydroxyl groups is 2. The zero-order valence-corrected chi connectivity index (χ0v) is 29.3. The fraction of sp³-hybridized carbons (Fsp3) is 0.571. The smallest absolute Gasteiger partial charge is 0.407 e. The maximum atomic E-state index is 11.7. The minimum Gasteiger partial charge on any atom is -0.465 e. The van der Waals surface area contributed by atoms with Crippen molar-refractivity contribution in [3.8, 4) is 0 Å². The average Bonchev–Trinajstić information content (AvgIpc) is 3.60. The van der Waals surface area contributed by atoms with E-state index >= 15 is 0 Å². The quantitative estimate of drug-likeness (QED) is 0.331. The topological polar surface area (TPSA) is 152 Å². The number of nitrogens with zero attached hydrogens (tertiary/aromatic N) is 3. The molecular weight excluding hydrogens is 640 g/mol. The summed E-state index contributed by atoms with van der Waals surface area (Å²) in [5.74, 6) is -0.571. The van der Waals surface area contributed by atoms with E-state index in [0.717, 1.165) is 59.6 Å². The van der Waals surface area contributed by atoms with Gasteiger partial charge in [-0.1, -0.05) is 32.9 Å². The molecule has 264 valence electrons. The van der Waals surface area contributed by atoms with Gasteiger partial charge in [-0.3, -0.25) is 9.80 Å². The Labute approximate surface area is 288 Å². The third kappa shape index (κ3) is 8.12. The van der Waals surface area contributed by atoms with E-state index in [9.17, 15) is 29.7 Å². The molecule has 13 heteroatoms. The van der Waals surface area contributed by atoms with Crippen LogP contribution in [-0.2, 0) is 22.7 Å². The molecule has 0 aromatic heterocycles. The molecule has 4 N–H and O–H groups in total. The maximum absolute atomic E-state index is 11.7. The number of β-amino-alcohol motifs (C(OH)–C–C–N with tert-alkyl or cyclic N) is 2. The summed E-state index contributed by atoms with van der Waals surface area (Å²) >= 11 is 0. The molecule has 1 amide bonds. The van der Waals surface area contributed by atoms with Crippen LogP contribution in [0, 0.1) is 19.3 Å². The lowest BCUT2D eigenvalue weighted by Crippen LogP contribution is -2.59. The van der Waals surface area contributed by atoms with Crippen molar-refractivity contribution in [3.05, 3.63) is 68.8 Å². The SMILES string of the molecule is Cc1c(C(O)CN2CCN(C(=O)O)C(C(C)(C)C)C2)ccc2c1COC2=O.Cc1c(C(O)CN2CCNCC2)ccc2c1COC2=O.Cl. The average molecular weight is 689 g/mol. The Hall–Kier alpha value is -3.26. The number of esters is 2. The zero-order chi connectivity index (χ0) is 34.0. The number of hydrogen-bond acceptors (Lipinski definition) is 10. The zero-order valence-electron chi connectivity index (χ0n) is 28.5. The monoisotopic (exact) mass is 688 g/mol. The highest BCUT2D eigenvalue weighted by Gasteiger charge is 2.38. The van der Waals surface area contributed by atoms with E-state index in [1.165, 1.54) is 4.90 Å². The third-order valence-electron chi connectivity index (χ3n) is 9.92. The fourth-order valence-corrected chi connectivity index (χ4v) is 7.01. The van der Waals surface area contributed by atoms with Gasteiger partial charge >= 0.3 is 18.0 Å². The van der Waals surface area contributed by atoms with Gasteiger partial charge in [0.15, 0.2) is 0 Å². The number of rotatable bonds is 6. The highest BCUT2D eigenvalue weighted by atomic mass is 35.5. The lowest BCUT2D eigenvalue weighted by molar-refractivity contribution is 0.00489. The molecule has 0 spiro atoms. The summed E-state index contributed by atoms with van der Waals surface area (Å²) in [6.45, 7) is 17.1. The number of cyclic esters (lactones) is 2. The van der Waals surface area contributed by atoms with Crippen LogP contribution in [0.25, 0.3) is 0 Å². The summed E-state index contributed by atoms with van der Waals surface area (Å²) < 4.78 is 10.1. The van der Waals surface area contributed by atoms with E-state index in [1.54, 1.807) is 18.2 Å². The molecule has 0 radical (unpaired) electrons. The number of amides is 1. The Balaban J connectivity index is 0.000000221. The number of carboxylic acid groups (broad SMARTS) is 1. The summed E-state index contributed by atoms with van der Waals surface area (Å²) in [5.41, 5.74) is 6.36. The number of fused-ring (bicyclic) bond motifs is 2. The molecule has 2 fully saturated rings. The van der Waals surface area contributed by atoms with Crippen molar-refractivity contribution in [2.75, 3.05) is 58.9 Å². The molecule has 3 unspecified atom stereocenters. The van der Waals surface area contributed by atoms with Crippen LogP contribution in [0.15, 0.2) is 24.3 Å². The van der Waals surface area contributed by atoms with Crippen molar-refractivity contribution in [2.45, 2.75) is 66.1 Å². The minimum atomic E-state index is -0.894. The van der Waals surface area contributed by atoms with E-state index in [2.05, 4.69) is 15.1 Å². The first-order valence-corrected chi connectivity index (χ1v) is 16.4. The highest BCUT2D eigenvalue weighted by molar-refractivity contribution is 5.94. The van der Waals surface area contributed by atoms with Crippen LogP contribution in [0.5, 0.6) is 0 Å². The number of benzene rings is 2. The van der Waals surface area contributed by atoms with Gasteiger partial charge in [0, 0.05) is 70.0 Å². The molecule has 2 aromatic rings. The van der Waals surface area contributed by atoms with Gasteiger partial charge in [-0.15, -0.1) is 12.4 Å². The van der Waals surface area contributed by atoms with E-state index in [1.807, 2.05) is 40.7 Å². The summed E-state index contributed by atoms with van der Waals surface area (Å²) in [5, 5.41) is 34.1. The molecular formula is C35H49ClN4O8. The molecule has 12 nitrogen and oxygen atoms in total. The van der Waals surface area contributed by atoms with Crippen LogP contribution >= 0.6 is 12.4 Å². The Morgan fingerprint density at radius 2 is 1.31 bits per heavy atom. The number of carbonyl (C=O) groups is 3. The second kappa shape index (κ2) is 15.5.